The third kappa shape index (κ3) is 2.41. The molecule has 1 N–H and O–H groups in total. The van der Waals surface area contributed by atoms with E-state index in [1.807, 2.05) is 43.0 Å². The van der Waals surface area contributed by atoms with E-state index in [1.165, 1.54) is 0 Å². The zero-order valence-electron chi connectivity index (χ0n) is 10.7. The smallest absolute Gasteiger partial charge is 0.165 e. The predicted molar refractivity (Wildman–Crippen MR) is 73.3 cm³/mol. The molecule has 0 unspecified atom stereocenters. The minimum absolute atomic E-state index is 0.124. The van der Waals surface area contributed by atoms with Crippen LogP contribution >= 0.6 is 11.6 Å². The summed E-state index contributed by atoms with van der Waals surface area (Å²) in [6.45, 7) is 4.45. The van der Waals surface area contributed by atoms with E-state index in [9.17, 15) is 4.79 Å². The Morgan fingerprint density at radius 1 is 1.44 bits per heavy atom. The van der Waals surface area contributed by atoms with Crippen LogP contribution in [0.4, 0.5) is 0 Å². The van der Waals surface area contributed by atoms with E-state index >= 15 is 0 Å². The van der Waals surface area contributed by atoms with Crippen molar-refractivity contribution in [2.75, 3.05) is 6.54 Å². The number of ketones is 1. The summed E-state index contributed by atoms with van der Waals surface area (Å²) in [6, 6.07) is 7.70. The number of likely N-dealkylation sites (tertiary alicyclic amines) is 1. The SMILES string of the molecule is CC1(C)C(=O)CC(=N)N1CCc1cccc(Cl)c1. The second kappa shape index (κ2) is 4.73. The molecule has 0 saturated carbocycles. The highest BCUT2D eigenvalue weighted by Gasteiger charge is 2.42. The quantitative estimate of drug-likeness (QED) is 0.912. The van der Waals surface area contributed by atoms with Gasteiger partial charge in [0.05, 0.1) is 12.0 Å². The zero-order valence-corrected chi connectivity index (χ0v) is 11.4. The first kappa shape index (κ1) is 13.1. The van der Waals surface area contributed by atoms with E-state index in [4.69, 9.17) is 17.0 Å². The molecule has 0 aliphatic carbocycles. The van der Waals surface area contributed by atoms with Crippen molar-refractivity contribution in [3.63, 3.8) is 0 Å². The van der Waals surface area contributed by atoms with Crippen LogP contribution in [0.1, 0.15) is 25.8 Å². The van der Waals surface area contributed by atoms with Crippen LogP contribution in [0.5, 0.6) is 0 Å². The van der Waals surface area contributed by atoms with E-state index in [0.717, 1.165) is 17.0 Å². The van der Waals surface area contributed by atoms with Gasteiger partial charge in [-0.25, -0.2) is 0 Å². The Bertz CT molecular complexity index is 496. The van der Waals surface area contributed by atoms with Crippen LogP contribution in [0.15, 0.2) is 24.3 Å². The fraction of sp³-hybridized carbons (Fsp3) is 0.429. The van der Waals surface area contributed by atoms with Gasteiger partial charge < -0.3 is 4.90 Å². The number of halogens is 1. The van der Waals surface area contributed by atoms with Crippen molar-refractivity contribution >= 4 is 23.2 Å². The maximum Gasteiger partial charge on any atom is 0.165 e. The molecule has 0 bridgehead atoms. The Balaban J connectivity index is 2.06. The fourth-order valence-corrected chi connectivity index (χ4v) is 2.51. The summed E-state index contributed by atoms with van der Waals surface area (Å²) in [6.07, 6.45) is 1.04. The molecule has 2 rings (SSSR count). The van der Waals surface area contributed by atoms with Crippen molar-refractivity contribution in [3.8, 4) is 0 Å². The molecule has 0 spiro atoms. The monoisotopic (exact) mass is 264 g/mol. The van der Waals surface area contributed by atoms with Gasteiger partial charge in [-0.15, -0.1) is 0 Å². The number of hydrogen-bond donors (Lipinski definition) is 1. The first-order valence-electron chi connectivity index (χ1n) is 6.04. The molecule has 0 atom stereocenters. The first-order chi connectivity index (χ1) is 8.41. The maximum atomic E-state index is 11.8. The molecule has 3 nitrogen and oxygen atoms in total. The molecule has 1 saturated heterocycles. The number of amidine groups is 1. The topological polar surface area (TPSA) is 44.2 Å². The number of benzene rings is 1. The molecule has 18 heavy (non-hydrogen) atoms. The second-order valence-electron chi connectivity index (χ2n) is 5.14. The molecule has 1 aliphatic rings. The highest BCUT2D eigenvalue weighted by atomic mass is 35.5. The second-order valence-corrected chi connectivity index (χ2v) is 5.57. The van der Waals surface area contributed by atoms with Crippen LogP contribution in [-0.2, 0) is 11.2 Å². The lowest BCUT2D eigenvalue weighted by Crippen LogP contribution is -2.45. The van der Waals surface area contributed by atoms with Gasteiger partial charge >= 0.3 is 0 Å². The van der Waals surface area contributed by atoms with E-state index < -0.39 is 5.54 Å². The van der Waals surface area contributed by atoms with Gasteiger partial charge in [0.25, 0.3) is 0 Å². The number of nitrogens with one attached hydrogen (secondary N) is 1. The summed E-state index contributed by atoms with van der Waals surface area (Å²) in [5.74, 6) is 0.547. The van der Waals surface area contributed by atoms with Crippen LogP contribution < -0.4 is 0 Å². The Morgan fingerprint density at radius 2 is 2.17 bits per heavy atom. The van der Waals surface area contributed by atoms with Crippen molar-refractivity contribution < 1.29 is 4.79 Å². The van der Waals surface area contributed by atoms with Crippen molar-refractivity contribution in [1.82, 2.24) is 4.90 Å². The third-order valence-electron chi connectivity index (χ3n) is 3.52. The molecule has 1 aliphatic heterocycles. The molecular weight excluding hydrogens is 248 g/mol. The molecular formula is C14H17ClN2O. The molecule has 1 aromatic rings. The van der Waals surface area contributed by atoms with Gasteiger partial charge in [0, 0.05) is 11.6 Å². The lowest BCUT2D eigenvalue weighted by atomic mass is 10.00. The first-order valence-corrected chi connectivity index (χ1v) is 6.42. The van der Waals surface area contributed by atoms with Crippen LogP contribution in [0.3, 0.4) is 0 Å². The predicted octanol–water partition coefficient (Wildman–Crippen LogP) is 2.91. The Labute approximate surface area is 112 Å². The van der Waals surface area contributed by atoms with E-state index in [-0.39, 0.29) is 12.2 Å². The molecule has 1 fully saturated rings. The number of hydrogen-bond acceptors (Lipinski definition) is 2. The Hall–Kier alpha value is -1.35. The normalized spacial score (nSPS) is 18.5. The van der Waals surface area contributed by atoms with Gasteiger partial charge in [0.1, 0.15) is 5.84 Å². The highest BCUT2D eigenvalue weighted by molar-refractivity contribution is 6.30. The Kier molecular flexibility index (Phi) is 3.44. The van der Waals surface area contributed by atoms with Gasteiger partial charge in [-0.1, -0.05) is 23.7 Å². The van der Waals surface area contributed by atoms with Gasteiger partial charge in [0.2, 0.25) is 0 Å². The van der Waals surface area contributed by atoms with Crippen molar-refractivity contribution in [2.24, 2.45) is 0 Å². The summed E-state index contributed by atoms with van der Waals surface area (Å²) in [5.41, 5.74) is 0.584. The number of nitrogens with zero attached hydrogens (tertiary/aromatic N) is 1. The van der Waals surface area contributed by atoms with Gasteiger partial charge in [-0.3, -0.25) is 10.2 Å². The number of Topliss-reactive ketones (excluding diaryl/α,β-unsaturated/α-hetero) is 1. The van der Waals surface area contributed by atoms with Crippen LogP contribution in [0, 0.1) is 5.41 Å². The lowest BCUT2D eigenvalue weighted by Gasteiger charge is -2.31. The number of carbonyl (C=O) groups excluding carboxylic acids is 1. The van der Waals surface area contributed by atoms with Crippen LogP contribution in [0.25, 0.3) is 0 Å². The third-order valence-corrected chi connectivity index (χ3v) is 3.76. The standard InChI is InChI=1S/C14H17ClN2O/c1-14(2)12(18)9-13(16)17(14)7-6-10-4-3-5-11(15)8-10/h3-5,8,16H,6-7,9H2,1-2H3. The van der Waals surface area contributed by atoms with Gasteiger partial charge in [-0.05, 0) is 38.0 Å². The highest BCUT2D eigenvalue weighted by Crippen LogP contribution is 2.26. The Morgan fingerprint density at radius 3 is 2.72 bits per heavy atom. The molecule has 1 aromatic carbocycles. The average Bonchev–Trinajstić information content (AvgIpc) is 2.46. The largest absolute Gasteiger partial charge is 0.348 e. The van der Waals surface area contributed by atoms with Crippen molar-refractivity contribution in [3.05, 3.63) is 34.9 Å². The average molecular weight is 265 g/mol. The summed E-state index contributed by atoms with van der Waals surface area (Å²) < 4.78 is 0. The summed E-state index contributed by atoms with van der Waals surface area (Å²) in [4.78, 5) is 13.7. The molecule has 4 heteroatoms. The molecule has 0 amide bonds. The minimum atomic E-state index is -0.546. The van der Waals surface area contributed by atoms with E-state index in [2.05, 4.69) is 0 Å². The molecule has 0 radical (unpaired) electrons. The van der Waals surface area contributed by atoms with Gasteiger partial charge in [0.15, 0.2) is 5.78 Å². The molecule has 1 heterocycles. The van der Waals surface area contributed by atoms with E-state index in [1.54, 1.807) is 0 Å². The lowest BCUT2D eigenvalue weighted by molar-refractivity contribution is -0.123. The fourth-order valence-electron chi connectivity index (χ4n) is 2.30. The van der Waals surface area contributed by atoms with Gasteiger partial charge in [-0.2, -0.15) is 0 Å². The number of rotatable bonds is 3. The summed E-state index contributed by atoms with van der Waals surface area (Å²) in [5, 5.41) is 8.60. The molecule has 96 valence electrons. The maximum absolute atomic E-state index is 11.8. The summed E-state index contributed by atoms with van der Waals surface area (Å²) >= 11 is 5.94. The molecule has 0 aromatic heterocycles. The van der Waals surface area contributed by atoms with Crippen molar-refractivity contribution in [1.29, 1.82) is 5.41 Å². The van der Waals surface area contributed by atoms with Crippen molar-refractivity contribution in [2.45, 2.75) is 32.2 Å². The number of carbonyl (C=O) groups is 1. The minimum Gasteiger partial charge on any atom is -0.348 e. The zero-order chi connectivity index (χ0) is 13.3. The van der Waals surface area contributed by atoms with Crippen LogP contribution in [-0.4, -0.2) is 28.6 Å². The van der Waals surface area contributed by atoms with E-state index in [0.29, 0.717) is 12.4 Å². The summed E-state index contributed by atoms with van der Waals surface area (Å²) in [7, 11) is 0. The van der Waals surface area contributed by atoms with Crippen LogP contribution in [0.2, 0.25) is 5.02 Å².